The van der Waals surface area contributed by atoms with Crippen LogP contribution in [0.1, 0.15) is 25.1 Å². The molecule has 1 aromatic carbocycles. The average Bonchev–Trinajstić information content (AvgIpc) is 2.55. The summed E-state index contributed by atoms with van der Waals surface area (Å²) < 4.78 is 6.88. The quantitative estimate of drug-likeness (QED) is 0.771. The molecule has 0 spiro atoms. The Kier molecular flexibility index (Phi) is 6.70. The van der Waals surface area contributed by atoms with Crippen molar-refractivity contribution in [1.82, 2.24) is 9.88 Å². The van der Waals surface area contributed by atoms with E-state index in [1.807, 2.05) is 20.8 Å². The molecular weight excluding hydrogens is 336 g/mol. The number of rotatable bonds is 7. The lowest BCUT2D eigenvalue weighted by Gasteiger charge is -2.16. The first kappa shape index (κ1) is 19.1. The average molecular weight is 360 g/mol. The summed E-state index contributed by atoms with van der Waals surface area (Å²) in [7, 11) is 1.45. The fourth-order valence-corrected chi connectivity index (χ4v) is 3.22. The van der Waals surface area contributed by atoms with E-state index in [1.54, 1.807) is 28.6 Å². The summed E-state index contributed by atoms with van der Waals surface area (Å²) in [6.45, 7) is 6.03. The number of methoxy groups -OCH3 is 1. The second-order valence-electron chi connectivity index (χ2n) is 6.15. The third-order valence-electron chi connectivity index (χ3n) is 3.57. The smallest absolute Gasteiger partial charge is 0.240 e. The number of amides is 1. The molecule has 0 aliphatic carbocycles. The third-order valence-corrected chi connectivity index (χ3v) is 4.62. The number of aryl methyl sites for hydroxylation is 1. The third kappa shape index (κ3) is 5.67. The van der Waals surface area contributed by atoms with E-state index >= 15 is 0 Å². The lowest BCUT2D eigenvalue weighted by atomic mass is 10.2. The number of pyridine rings is 1. The number of benzene rings is 1. The molecule has 0 aliphatic rings. The normalized spacial score (nSPS) is 10.8. The summed E-state index contributed by atoms with van der Waals surface area (Å²) in [5.41, 5.74) is 1.81. The molecule has 0 saturated heterocycles. The summed E-state index contributed by atoms with van der Waals surface area (Å²) in [6.07, 6.45) is 1.60. The van der Waals surface area contributed by atoms with Crippen LogP contribution in [0.3, 0.4) is 0 Å². The molecule has 2 rings (SSSR count). The fraction of sp³-hybridized carbons (Fsp3) is 0.368. The van der Waals surface area contributed by atoms with Crippen molar-refractivity contribution < 1.29 is 9.53 Å². The molecule has 0 aliphatic heterocycles. The van der Waals surface area contributed by atoms with Crippen LogP contribution in [-0.4, -0.2) is 23.6 Å². The van der Waals surface area contributed by atoms with Gasteiger partial charge in [0.15, 0.2) is 5.75 Å². The number of nitrogens with one attached hydrogen (secondary N) is 1. The van der Waals surface area contributed by atoms with Crippen LogP contribution in [0.5, 0.6) is 5.75 Å². The molecule has 1 aromatic heterocycles. The Balaban J connectivity index is 2.21. The Hall–Kier alpha value is -2.21. The Bertz CT molecular complexity index is 782. The minimum atomic E-state index is -0.178. The van der Waals surface area contributed by atoms with Crippen molar-refractivity contribution in [2.75, 3.05) is 7.11 Å². The van der Waals surface area contributed by atoms with E-state index in [9.17, 15) is 9.59 Å². The predicted octanol–water partition coefficient (Wildman–Crippen LogP) is 2.98. The van der Waals surface area contributed by atoms with Gasteiger partial charge < -0.3 is 14.6 Å². The van der Waals surface area contributed by atoms with Gasteiger partial charge in [0, 0.05) is 28.5 Å². The molecular formula is C19H24N2O3S. The Labute approximate surface area is 152 Å². The molecule has 0 bridgehead atoms. The fourth-order valence-electron chi connectivity index (χ4n) is 2.33. The molecule has 0 fully saturated rings. The van der Waals surface area contributed by atoms with Crippen LogP contribution in [0, 0.1) is 6.92 Å². The summed E-state index contributed by atoms with van der Waals surface area (Å²) >= 11 is 1.63. The van der Waals surface area contributed by atoms with Gasteiger partial charge in [-0.1, -0.05) is 17.7 Å². The second-order valence-corrected chi connectivity index (χ2v) is 7.20. The van der Waals surface area contributed by atoms with Crippen LogP contribution >= 0.6 is 11.8 Å². The van der Waals surface area contributed by atoms with Crippen LogP contribution in [-0.2, 0) is 17.1 Å². The zero-order chi connectivity index (χ0) is 18.4. The zero-order valence-corrected chi connectivity index (χ0v) is 15.9. The number of aromatic nitrogens is 1. The topological polar surface area (TPSA) is 60.3 Å². The molecule has 2 aromatic rings. The summed E-state index contributed by atoms with van der Waals surface area (Å²) in [4.78, 5) is 25.3. The van der Waals surface area contributed by atoms with Gasteiger partial charge in [0.05, 0.1) is 13.3 Å². The Morgan fingerprint density at radius 2 is 1.96 bits per heavy atom. The van der Waals surface area contributed by atoms with Crippen LogP contribution in [0.2, 0.25) is 0 Å². The first-order chi connectivity index (χ1) is 11.9. The lowest BCUT2D eigenvalue weighted by molar-refractivity contribution is -0.122. The van der Waals surface area contributed by atoms with Crippen molar-refractivity contribution in [3.05, 3.63) is 58.0 Å². The molecule has 0 unspecified atom stereocenters. The minimum Gasteiger partial charge on any atom is -0.491 e. The van der Waals surface area contributed by atoms with Crippen molar-refractivity contribution in [3.8, 4) is 5.75 Å². The van der Waals surface area contributed by atoms with E-state index in [4.69, 9.17) is 4.74 Å². The van der Waals surface area contributed by atoms with Gasteiger partial charge in [-0.3, -0.25) is 9.59 Å². The SMILES string of the molecule is COc1cn(CC(=O)NC(C)C)c(CSc2ccc(C)cc2)cc1=O. The maximum absolute atomic E-state index is 12.1. The van der Waals surface area contributed by atoms with E-state index in [2.05, 4.69) is 29.6 Å². The lowest BCUT2D eigenvalue weighted by Crippen LogP contribution is -2.34. The number of nitrogens with zero attached hydrogens (tertiary/aromatic N) is 1. The molecule has 25 heavy (non-hydrogen) atoms. The maximum Gasteiger partial charge on any atom is 0.240 e. The van der Waals surface area contributed by atoms with E-state index in [1.165, 1.54) is 12.7 Å². The summed E-state index contributed by atoms with van der Waals surface area (Å²) in [5.74, 6) is 0.737. The minimum absolute atomic E-state index is 0.0687. The monoisotopic (exact) mass is 360 g/mol. The Morgan fingerprint density at radius 3 is 2.56 bits per heavy atom. The molecule has 1 amide bonds. The second kappa shape index (κ2) is 8.76. The summed E-state index contributed by atoms with van der Waals surface area (Å²) in [5, 5.41) is 2.87. The summed E-state index contributed by atoms with van der Waals surface area (Å²) in [6, 6.07) is 9.83. The number of hydrogen-bond donors (Lipinski definition) is 1. The molecule has 0 radical (unpaired) electrons. The maximum atomic E-state index is 12.1. The van der Waals surface area contributed by atoms with Crippen molar-refractivity contribution in [1.29, 1.82) is 0 Å². The molecule has 134 valence electrons. The predicted molar refractivity (Wildman–Crippen MR) is 101 cm³/mol. The van der Waals surface area contributed by atoms with Gasteiger partial charge >= 0.3 is 0 Å². The first-order valence-corrected chi connectivity index (χ1v) is 9.13. The largest absolute Gasteiger partial charge is 0.491 e. The molecule has 1 N–H and O–H groups in total. The van der Waals surface area contributed by atoms with Gasteiger partial charge in [0.25, 0.3) is 0 Å². The van der Waals surface area contributed by atoms with Gasteiger partial charge in [-0.2, -0.15) is 0 Å². The van der Waals surface area contributed by atoms with Crippen LogP contribution in [0.4, 0.5) is 0 Å². The highest BCUT2D eigenvalue weighted by Gasteiger charge is 2.11. The molecule has 5 nitrogen and oxygen atoms in total. The number of ether oxygens (including phenoxy) is 1. The molecule has 1 heterocycles. The van der Waals surface area contributed by atoms with Crippen LogP contribution in [0.25, 0.3) is 0 Å². The van der Waals surface area contributed by atoms with Gasteiger partial charge in [0.2, 0.25) is 11.3 Å². The first-order valence-electron chi connectivity index (χ1n) is 8.15. The highest BCUT2D eigenvalue weighted by Crippen LogP contribution is 2.23. The van der Waals surface area contributed by atoms with E-state index in [-0.39, 0.29) is 29.7 Å². The number of hydrogen-bond acceptors (Lipinski definition) is 4. The van der Waals surface area contributed by atoms with Gasteiger partial charge in [-0.15, -0.1) is 11.8 Å². The number of carbonyl (C=O) groups excluding carboxylic acids is 1. The molecule has 0 saturated carbocycles. The van der Waals surface area contributed by atoms with E-state index in [0.717, 1.165) is 10.6 Å². The Morgan fingerprint density at radius 1 is 1.28 bits per heavy atom. The van der Waals surface area contributed by atoms with Gasteiger partial charge in [-0.05, 0) is 32.9 Å². The van der Waals surface area contributed by atoms with Crippen molar-refractivity contribution in [3.63, 3.8) is 0 Å². The van der Waals surface area contributed by atoms with E-state index in [0.29, 0.717) is 5.75 Å². The van der Waals surface area contributed by atoms with E-state index < -0.39 is 0 Å². The highest BCUT2D eigenvalue weighted by atomic mass is 32.2. The standard InChI is InChI=1S/C19H24N2O3S/c1-13(2)20-19(23)11-21-10-18(24-4)17(22)9-15(21)12-25-16-7-5-14(3)6-8-16/h5-10,13H,11-12H2,1-4H3,(H,20,23). The van der Waals surface area contributed by atoms with Crippen molar-refractivity contribution >= 4 is 17.7 Å². The number of carbonyl (C=O) groups is 1. The van der Waals surface area contributed by atoms with Crippen molar-refractivity contribution in [2.45, 2.75) is 44.0 Å². The number of thioether (sulfide) groups is 1. The zero-order valence-electron chi connectivity index (χ0n) is 15.0. The van der Waals surface area contributed by atoms with Crippen LogP contribution in [0.15, 0.2) is 46.2 Å². The molecule has 0 atom stereocenters. The van der Waals surface area contributed by atoms with Gasteiger partial charge in [0.1, 0.15) is 6.54 Å². The molecule has 6 heteroatoms. The van der Waals surface area contributed by atoms with Crippen molar-refractivity contribution in [2.24, 2.45) is 0 Å². The van der Waals surface area contributed by atoms with Crippen LogP contribution < -0.4 is 15.5 Å². The highest BCUT2D eigenvalue weighted by molar-refractivity contribution is 7.98. The van der Waals surface area contributed by atoms with Gasteiger partial charge in [-0.25, -0.2) is 0 Å².